The lowest BCUT2D eigenvalue weighted by atomic mass is 10.1. The molecule has 0 spiro atoms. The third kappa shape index (κ3) is 3.24. The van der Waals surface area contributed by atoms with E-state index in [1.807, 2.05) is 11.8 Å². The first-order valence-corrected chi connectivity index (χ1v) is 9.21. The van der Waals surface area contributed by atoms with Crippen molar-refractivity contribution >= 4 is 17.2 Å². The number of aromatic nitrogens is 1. The number of nitrogens with zero attached hydrogens (tertiary/aromatic N) is 3. The third-order valence-corrected chi connectivity index (χ3v) is 5.46. The Balaban J connectivity index is 1.41. The molecule has 2 aliphatic rings. The molecule has 2 aromatic rings. The summed E-state index contributed by atoms with van der Waals surface area (Å²) in [4.78, 5) is 16.8. The number of aryl methyl sites for hydroxylation is 1. The molecule has 0 N–H and O–H groups in total. The van der Waals surface area contributed by atoms with Gasteiger partial charge >= 0.3 is 0 Å². The molecule has 0 aliphatic carbocycles. The molecule has 6 nitrogen and oxygen atoms in total. The van der Waals surface area contributed by atoms with Gasteiger partial charge in [-0.25, -0.2) is 0 Å². The SMILES string of the molecule is Cc1cc(C(=O)N2C[C@@H]3CN(Cc4ccsc4)CCO[C@@H]3C2)on1. The lowest BCUT2D eigenvalue weighted by Crippen LogP contribution is -2.33. The van der Waals surface area contributed by atoms with Crippen molar-refractivity contribution in [1.82, 2.24) is 15.0 Å². The maximum Gasteiger partial charge on any atom is 0.292 e. The number of carbonyl (C=O) groups excluding carboxylic acids is 1. The first kappa shape index (κ1) is 15.8. The number of fused-ring (bicyclic) bond motifs is 1. The van der Waals surface area contributed by atoms with E-state index in [0.29, 0.717) is 24.8 Å². The van der Waals surface area contributed by atoms with Crippen molar-refractivity contribution in [2.24, 2.45) is 5.92 Å². The summed E-state index contributed by atoms with van der Waals surface area (Å²) in [6.45, 7) is 6.73. The zero-order valence-corrected chi connectivity index (χ0v) is 14.5. The Labute approximate surface area is 145 Å². The molecule has 7 heteroatoms. The fourth-order valence-corrected chi connectivity index (χ4v) is 4.19. The predicted molar refractivity (Wildman–Crippen MR) is 90.0 cm³/mol. The number of hydrogen-bond donors (Lipinski definition) is 0. The second-order valence-corrected chi connectivity index (χ2v) is 7.36. The van der Waals surface area contributed by atoms with Gasteiger partial charge in [-0.05, 0) is 29.3 Å². The van der Waals surface area contributed by atoms with Gasteiger partial charge in [0.05, 0.1) is 18.4 Å². The van der Waals surface area contributed by atoms with Crippen LogP contribution in [0.3, 0.4) is 0 Å². The molecule has 24 heavy (non-hydrogen) atoms. The smallest absolute Gasteiger partial charge is 0.292 e. The normalized spacial score (nSPS) is 24.8. The Hall–Kier alpha value is -1.70. The quantitative estimate of drug-likeness (QED) is 0.850. The zero-order chi connectivity index (χ0) is 16.5. The molecule has 2 aromatic heterocycles. The summed E-state index contributed by atoms with van der Waals surface area (Å²) in [5.41, 5.74) is 2.08. The molecule has 0 aromatic carbocycles. The van der Waals surface area contributed by atoms with Crippen LogP contribution in [0.15, 0.2) is 27.4 Å². The first-order valence-electron chi connectivity index (χ1n) is 8.26. The molecule has 1 amide bonds. The van der Waals surface area contributed by atoms with Crippen LogP contribution in [0.25, 0.3) is 0 Å². The Morgan fingerprint density at radius 3 is 3.08 bits per heavy atom. The van der Waals surface area contributed by atoms with Gasteiger partial charge in [0.15, 0.2) is 0 Å². The predicted octanol–water partition coefficient (Wildman–Crippen LogP) is 2.02. The average Bonchev–Trinajstić information content (AvgIpc) is 3.28. The monoisotopic (exact) mass is 347 g/mol. The number of hydrogen-bond acceptors (Lipinski definition) is 6. The summed E-state index contributed by atoms with van der Waals surface area (Å²) >= 11 is 1.73. The summed E-state index contributed by atoms with van der Waals surface area (Å²) in [7, 11) is 0. The molecule has 2 atom stereocenters. The van der Waals surface area contributed by atoms with Crippen molar-refractivity contribution in [3.8, 4) is 0 Å². The largest absolute Gasteiger partial charge is 0.375 e. The van der Waals surface area contributed by atoms with Gasteiger partial charge in [0.1, 0.15) is 0 Å². The van der Waals surface area contributed by atoms with Crippen molar-refractivity contribution in [2.45, 2.75) is 19.6 Å². The highest BCUT2D eigenvalue weighted by atomic mass is 32.1. The van der Waals surface area contributed by atoms with Crippen LogP contribution in [0.2, 0.25) is 0 Å². The van der Waals surface area contributed by atoms with Gasteiger partial charge in [-0.15, -0.1) is 0 Å². The molecule has 0 bridgehead atoms. The second-order valence-electron chi connectivity index (χ2n) is 6.58. The van der Waals surface area contributed by atoms with E-state index >= 15 is 0 Å². The van der Waals surface area contributed by atoms with E-state index in [-0.39, 0.29) is 12.0 Å². The second kappa shape index (κ2) is 6.66. The maximum atomic E-state index is 12.6. The van der Waals surface area contributed by atoms with Crippen molar-refractivity contribution in [3.63, 3.8) is 0 Å². The van der Waals surface area contributed by atoms with Crippen LogP contribution in [0.1, 0.15) is 21.8 Å². The van der Waals surface area contributed by atoms with E-state index in [9.17, 15) is 4.79 Å². The number of carbonyl (C=O) groups is 1. The lowest BCUT2D eigenvalue weighted by Gasteiger charge is -2.22. The minimum absolute atomic E-state index is 0.0864. The van der Waals surface area contributed by atoms with Crippen molar-refractivity contribution in [3.05, 3.63) is 39.9 Å². The number of thiophene rings is 1. The highest BCUT2D eigenvalue weighted by Crippen LogP contribution is 2.26. The van der Waals surface area contributed by atoms with E-state index in [1.54, 1.807) is 17.4 Å². The van der Waals surface area contributed by atoms with Crippen LogP contribution in [-0.2, 0) is 11.3 Å². The Morgan fingerprint density at radius 1 is 1.42 bits per heavy atom. The molecule has 0 saturated carbocycles. The van der Waals surface area contributed by atoms with Crippen LogP contribution in [-0.4, -0.2) is 59.8 Å². The summed E-state index contributed by atoms with van der Waals surface area (Å²) in [6.07, 6.45) is 0.116. The van der Waals surface area contributed by atoms with Crippen LogP contribution in [0.5, 0.6) is 0 Å². The van der Waals surface area contributed by atoms with Crippen LogP contribution < -0.4 is 0 Å². The molecule has 2 aliphatic heterocycles. The van der Waals surface area contributed by atoms with Gasteiger partial charge in [0, 0.05) is 44.7 Å². The van der Waals surface area contributed by atoms with Gasteiger partial charge in [-0.2, -0.15) is 11.3 Å². The maximum absolute atomic E-state index is 12.6. The van der Waals surface area contributed by atoms with E-state index in [4.69, 9.17) is 9.26 Å². The number of rotatable bonds is 3. The van der Waals surface area contributed by atoms with Crippen molar-refractivity contribution in [1.29, 1.82) is 0 Å². The molecule has 2 fully saturated rings. The van der Waals surface area contributed by atoms with Gasteiger partial charge in [0.25, 0.3) is 5.91 Å². The number of ether oxygens (including phenoxy) is 1. The minimum atomic E-state index is -0.0864. The van der Waals surface area contributed by atoms with Gasteiger partial charge in [0.2, 0.25) is 5.76 Å². The molecular formula is C17H21N3O3S. The van der Waals surface area contributed by atoms with Gasteiger partial charge < -0.3 is 14.2 Å². The molecular weight excluding hydrogens is 326 g/mol. The molecule has 0 unspecified atom stereocenters. The summed E-state index contributed by atoms with van der Waals surface area (Å²) in [5, 5.41) is 8.11. The zero-order valence-electron chi connectivity index (χ0n) is 13.7. The van der Waals surface area contributed by atoms with Crippen LogP contribution in [0, 0.1) is 12.8 Å². The Bertz CT molecular complexity index is 700. The Kier molecular flexibility index (Phi) is 4.39. The van der Waals surface area contributed by atoms with Crippen LogP contribution >= 0.6 is 11.3 Å². The average molecular weight is 347 g/mol. The first-order chi connectivity index (χ1) is 11.7. The van der Waals surface area contributed by atoms with Crippen LogP contribution in [0.4, 0.5) is 0 Å². The van der Waals surface area contributed by atoms with Gasteiger partial charge in [-0.3, -0.25) is 9.69 Å². The third-order valence-electron chi connectivity index (χ3n) is 4.73. The standard InChI is InChI=1S/C17H21N3O3S/c1-12-6-15(23-18-12)17(21)20-9-14-8-19(3-4-22-16(14)10-20)7-13-2-5-24-11-13/h2,5-6,11,14,16H,3-4,7-10H2,1H3/t14-,16+/m0/s1. The fraction of sp³-hybridized carbons (Fsp3) is 0.529. The molecule has 4 heterocycles. The molecule has 2 saturated heterocycles. The topological polar surface area (TPSA) is 58.8 Å². The van der Waals surface area contributed by atoms with E-state index in [2.05, 4.69) is 26.9 Å². The molecule has 4 rings (SSSR count). The highest BCUT2D eigenvalue weighted by molar-refractivity contribution is 7.07. The van der Waals surface area contributed by atoms with E-state index in [0.717, 1.165) is 31.9 Å². The lowest BCUT2D eigenvalue weighted by molar-refractivity contribution is 0.0474. The van der Waals surface area contributed by atoms with Crippen molar-refractivity contribution in [2.75, 3.05) is 32.8 Å². The van der Waals surface area contributed by atoms with E-state index < -0.39 is 0 Å². The molecule has 0 radical (unpaired) electrons. The summed E-state index contributed by atoms with van der Waals surface area (Å²) in [6, 6.07) is 3.87. The summed E-state index contributed by atoms with van der Waals surface area (Å²) < 4.78 is 11.1. The summed E-state index contributed by atoms with van der Waals surface area (Å²) in [5.74, 6) is 0.579. The number of amides is 1. The molecule has 128 valence electrons. The van der Waals surface area contributed by atoms with Gasteiger partial charge in [-0.1, -0.05) is 5.16 Å². The Morgan fingerprint density at radius 2 is 2.33 bits per heavy atom. The van der Waals surface area contributed by atoms with Crippen molar-refractivity contribution < 1.29 is 14.1 Å². The minimum Gasteiger partial charge on any atom is -0.375 e. The highest BCUT2D eigenvalue weighted by Gasteiger charge is 2.39. The fourth-order valence-electron chi connectivity index (χ4n) is 3.53. The number of likely N-dealkylation sites (tertiary alicyclic amines) is 1. The van der Waals surface area contributed by atoms with E-state index in [1.165, 1.54) is 5.56 Å².